The fourth-order valence-electron chi connectivity index (χ4n) is 2.60. The number of carbonyl (C=O) groups is 1. The van der Waals surface area contributed by atoms with Crippen molar-refractivity contribution in [1.29, 1.82) is 0 Å². The van der Waals surface area contributed by atoms with Crippen LogP contribution in [0.1, 0.15) is 38.4 Å². The summed E-state index contributed by atoms with van der Waals surface area (Å²) in [7, 11) is 1.42. The summed E-state index contributed by atoms with van der Waals surface area (Å²) >= 11 is 0. The normalized spacial score (nSPS) is 20.4. The second-order valence-electron chi connectivity index (χ2n) is 5.20. The van der Waals surface area contributed by atoms with E-state index < -0.39 is 0 Å². The SMILES string of the molecule is COC(=O)C(C)n1cncc1C1(C)CCNCC1. The fraction of sp³-hybridized carbons (Fsp3) is 0.692. The zero-order valence-electron chi connectivity index (χ0n) is 11.3. The van der Waals surface area contributed by atoms with Crippen LogP contribution in [0.5, 0.6) is 0 Å². The lowest BCUT2D eigenvalue weighted by atomic mass is 9.78. The molecule has 1 aromatic rings. The van der Waals surface area contributed by atoms with E-state index in [0.29, 0.717) is 0 Å². The summed E-state index contributed by atoms with van der Waals surface area (Å²) in [5.41, 5.74) is 1.21. The van der Waals surface area contributed by atoms with E-state index in [-0.39, 0.29) is 17.4 Å². The fourth-order valence-corrected chi connectivity index (χ4v) is 2.60. The molecule has 0 bridgehead atoms. The van der Waals surface area contributed by atoms with Gasteiger partial charge in [-0.1, -0.05) is 6.92 Å². The predicted molar refractivity (Wildman–Crippen MR) is 68.4 cm³/mol. The molecular weight excluding hydrogens is 230 g/mol. The number of ether oxygens (including phenoxy) is 1. The van der Waals surface area contributed by atoms with E-state index in [2.05, 4.69) is 17.2 Å². The number of methoxy groups -OCH3 is 1. The molecule has 0 aliphatic carbocycles. The highest BCUT2D eigenvalue weighted by molar-refractivity contribution is 5.73. The van der Waals surface area contributed by atoms with Crippen molar-refractivity contribution < 1.29 is 9.53 Å². The molecule has 1 fully saturated rings. The maximum Gasteiger partial charge on any atom is 0.328 e. The molecule has 1 saturated heterocycles. The van der Waals surface area contributed by atoms with E-state index in [1.165, 1.54) is 7.11 Å². The van der Waals surface area contributed by atoms with Crippen LogP contribution in [0.3, 0.4) is 0 Å². The summed E-state index contributed by atoms with van der Waals surface area (Å²) in [6.07, 6.45) is 5.73. The lowest BCUT2D eigenvalue weighted by Crippen LogP contribution is -2.39. The number of imidazole rings is 1. The first kappa shape index (κ1) is 13.1. The van der Waals surface area contributed by atoms with Crippen molar-refractivity contribution >= 4 is 5.97 Å². The molecular formula is C13H21N3O2. The molecule has 1 N–H and O–H groups in total. The van der Waals surface area contributed by atoms with E-state index in [4.69, 9.17) is 4.74 Å². The van der Waals surface area contributed by atoms with Crippen molar-refractivity contribution in [1.82, 2.24) is 14.9 Å². The van der Waals surface area contributed by atoms with Gasteiger partial charge in [0.05, 0.1) is 13.4 Å². The highest BCUT2D eigenvalue weighted by Crippen LogP contribution is 2.33. The third-order valence-corrected chi connectivity index (χ3v) is 3.95. The predicted octanol–water partition coefficient (Wildman–Crippen LogP) is 1.26. The summed E-state index contributed by atoms with van der Waals surface area (Å²) in [6.45, 7) is 6.11. The largest absolute Gasteiger partial charge is 0.467 e. The number of aromatic nitrogens is 2. The number of hydrogen-bond donors (Lipinski definition) is 1. The van der Waals surface area contributed by atoms with Crippen LogP contribution in [0.25, 0.3) is 0 Å². The van der Waals surface area contributed by atoms with E-state index in [0.717, 1.165) is 31.6 Å². The van der Waals surface area contributed by atoms with Crippen molar-refractivity contribution in [3.05, 3.63) is 18.2 Å². The van der Waals surface area contributed by atoms with Gasteiger partial charge in [0.2, 0.25) is 0 Å². The van der Waals surface area contributed by atoms with E-state index in [1.807, 2.05) is 17.7 Å². The minimum absolute atomic E-state index is 0.0873. The first-order valence-corrected chi connectivity index (χ1v) is 6.39. The Balaban J connectivity index is 2.29. The van der Waals surface area contributed by atoms with Gasteiger partial charge in [0.25, 0.3) is 0 Å². The third-order valence-electron chi connectivity index (χ3n) is 3.95. The molecule has 0 amide bonds. The lowest BCUT2D eigenvalue weighted by molar-refractivity contribution is -0.144. The van der Waals surface area contributed by atoms with Crippen LogP contribution in [0.2, 0.25) is 0 Å². The van der Waals surface area contributed by atoms with E-state index in [9.17, 15) is 4.79 Å². The first-order valence-electron chi connectivity index (χ1n) is 6.39. The molecule has 18 heavy (non-hydrogen) atoms. The lowest BCUT2D eigenvalue weighted by Gasteiger charge is -2.35. The van der Waals surface area contributed by atoms with Crippen LogP contribution in [-0.2, 0) is 14.9 Å². The van der Waals surface area contributed by atoms with Crippen LogP contribution in [0.4, 0.5) is 0 Å². The van der Waals surface area contributed by atoms with Crippen molar-refractivity contribution in [2.45, 2.75) is 38.1 Å². The average molecular weight is 251 g/mol. The van der Waals surface area contributed by atoms with Crippen molar-refractivity contribution in [2.24, 2.45) is 0 Å². The topological polar surface area (TPSA) is 56.2 Å². The van der Waals surface area contributed by atoms with Gasteiger partial charge < -0.3 is 14.6 Å². The molecule has 5 nitrogen and oxygen atoms in total. The summed E-state index contributed by atoms with van der Waals surface area (Å²) < 4.78 is 6.75. The van der Waals surface area contributed by atoms with Gasteiger partial charge in [0, 0.05) is 17.3 Å². The monoisotopic (exact) mass is 251 g/mol. The number of piperidine rings is 1. The van der Waals surface area contributed by atoms with E-state index >= 15 is 0 Å². The van der Waals surface area contributed by atoms with Crippen LogP contribution in [-0.4, -0.2) is 35.7 Å². The van der Waals surface area contributed by atoms with E-state index in [1.54, 1.807) is 6.33 Å². The molecule has 1 aliphatic rings. The third kappa shape index (κ3) is 2.27. The maximum absolute atomic E-state index is 11.7. The molecule has 1 atom stereocenters. The molecule has 0 spiro atoms. The highest BCUT2D eigenvalue weighted by Gasteiger charge is 2.33. The molecule has 0 aromatic carbocycles. The van der Waals surface area contributed by atoms with Crippen molar-refractivity contribution in [2.75, 3.05) is 20.2 Å². The van der Waals surface area contributed by atoms with Gasteiger partial charge in [-0.25, -0.2) is 9.78 Å². The molecule has 0 radical (unpaired) electrons. The average Bonchev–Trinajstić information content (AvgIpc) is 2.87. The number of nitrogens with zero attached hydrogens (tertiary/aromatic N) is 2. The molecule has 2 heterocycles. The number of rotatable bonds is 3. The summed E-state index contributed by atoms with van der Waals surface area (Å²) in [5.74, 6) is -0.230. The molecule has 100 valence electrons. The molecule has 5 heteroatoms. The maximum atomic E-state index is 11.7. The van der Waals surface area contributed by atoms with Gasteiger partial charge in [-0.3, -0.25) is 0 Å². The molecule has 1 unspecified atom stereocenters. The molecule has 1 aromatic heterocycles. The number of esters is 1. The smallest absolute Gasteiger partial charge is 0.328 e. The van der Waals surface area contributed by atoms with Gasteiger partial charge in [0.15, 0.2) is 0 Å². The minimum atomic E-state index is -0.320. The second kappa shape index (κ2) is 5.10. The number of hydrogen-bond acceptors (Lipinski definition) is 4. The Bertz CT molecular complexity index is 422. The zero-order valence-corrected chi connectivity index (χ0v) is 11.3. The first-order chi connectivity index (χ1) is 8.58. The van der Waals surface area contributed by atoms with Crippen LogP contribution < -0.4 is 5.32 Å². The molecule has 2 rings (SSSR count). The Morgan fingerprint density at radius 2 is 2.22 bits per heavy atom. The minimum Gasteiger partial charge on any atom is -0.467 e. The van der Waals surface area contributed by atoms with Crippen LogP contribution >= 0.6 is 0 Å². The Morgan fingerprint density at radius 1 is 1.56 bits per heavy atom. The Labute approximate surface area is 108 Å². The van der Waals surface area contributed by atoms with Crippen LogP contribution in [0, 0.1) is 0 Å². The Hall–Kier alpha value is -1.36. The van der Waals surface area contributed by atoms with Gasteiger partial charge in [0.1, 0.15) is 6.04 Å². The standard InChI is InChI=1S/C13H21N3O2/c1-10(12(17)18-3)16-9-15-8-11(16)13(2)4-6-14-7-5-13/h8-10,14H,4-7H2,1-3H3. The number of carbonyl (C=O) groups excluding carboxylic acids is 1. The quantitative estimate of drug-likeness (QED) is 0.822. The second-order valence-corrected chi connectivity index (χ2v) is 5.20. The van der Waals surface area contributed by atoms with Crippen molar-refractivity contribution in [3.8, 4) is 0 Å². The zero-order chi connectivity index (χ0) is 13.2. The van der Waals surface area contributed by atoms with Crippen molar-refractivity contribution in [3.63, 3.8) is 0 Å². The van der Waals surface area contributed by atoms with Gasteiger partial charge in [-0.15, -0.1) is 0 Å². The Kier molecular flexibility index (Phi) is 3.71. The molecule has 1 aliphatic heterocycles. The van der Waals surface area contributed by atoms with Crippen LogP contribution in [0.15, 0.2) is 12.5 Å². The van der Waals surface area contributed by atoms with Gasteiger partial charge in [-0.2, -0.15) is 0 Å². The van der Waals surface area contributed by atoms with Gasteiger partial charge >= 0.3 is 5.97 Å². The highest BCUT2D eigenvalue weighted by atomic mass is 16.5. The van der Waals surface area contributed by atoms with Gasteiger partial charge in [-0.05, 0) is 32.9 Å². The summed E-state index contributed by atoms with van der Waals surface area (Å²) in [5, 5.41) is 3.36. The summed E-state index contributed by atoms with van der Waals surface area (Å²) in [6, 6.07) is -0.320. The number of nitrogens with one attached hydrogen (secondary N) is 1. The summed E-state index contributed by atoms with van der Waals surface area (Å²) in [4.78, 5) is 15.9. The molecule has 0 saturated carbocycles. The Morgan fingerprint density at radius 3 is 2.83 bits per heavy atom.